The van der Waals surface area contributed by atoms with Crippen molar-refractivity contribution in [3.63, 3.8) is 0 Å². The van der Waals surface area contributed by atoms with Crippen LogP contribution in [0.4, 0.5) is 8.78 Å². The molecule has 3 heterocycles. The summed E-state index contributed by atoms with van der Waals surface area (Å²) in [6.07, 6.45) is 5.38. The topological polar surface area (TPSA) is 6.48 Å². The first-order chi connectivity index (χ1) is 10.7. The molecule has 0 unspecified atom stereocenters. The molecular weight excluding hydrogens is 282 g/mol. The van der Waals surface area contributed by atoms with Gasteiger partial charge >= 0.3 is 0 Å². The molecule has 2 bridgehead atoms. The highest BCUT2D eigenvalue weighted by Crippen LogP contribution is 2.35. The molecule has 0 radical (unpaired) electrons. The van der Waals surface area contributed by atoms with Crippen molar-refractivity contribution in [1.82, 2.24) is 9.80 Å². The minimum absolute atomic E-state index is 0.411. The van der Waals surface area contributed by atoms with E-state index in [0.29, 0.717) is 24.1 Å². The second-order valence-corrected chi connectivity index (χ2v) is 7.42. The molecule has 4 heteroatoms. The summed E-state index contributed by atoms with van der Waals surface area (Å²) < 4.78 is 26.9. The summed E-state index contributed by atoms with van der Waals surface area (Å²) in [5.74, 6) is 0.738. The lowest BCUT2D eigenvalue weighted by molar-refractivity contribution is 0.125. The Balaban J connectivity index is 1.44. The normalized spacial score (nSPS) is 29.7. The molecule has 0 aromatic heterocycles. The summed E-state index contributed by atoms with van der Waals surface area (Å²) in [5.41, 5.74) is 0.622. The molecule has 1 saturated carbocycles. The fourth-order valence-electron chi connectivity index (χ4n) is 4.15. The molecule has 120 valence electrons. The van der Waals surface area contributed by atoms with Gasteiger partial charge in [-0.05, 0) is 43.6 Å². The third-order valence-corrected chi connectivity index (χ3v) is 5.50. The highest BCUT2D eigenvalue weighted by Gasteiger charge is 2.37. The van der Waals surface area contributed by atoms with Crippen molar-refractivity contribution in [2.45, 2.75) is 38.3 Å². The fraction of sp³-hybridized carbons (Fsp3) is 0.667. The first-order valence-corrected chi connectivity index (χ1v) is 8.57. The van der Waals surface area contributed by atoms with E-state index in [1.165, 1.54) is 44.8 Å². The number of hydrogen-bond donors (Lipinski definition) is 0. The Labute approximate surface area is 131 Å². The van der Waals surface area contributed by atoms with E-state index in [-0.39, 0.29) is 0 Å². The summed E-state index contributed by atoms with van der Waals surface area (Å²) >= 11 is 0. The molecule has 2 atom stereocenters. The molecule has 2 nitrogen and oxygen atoms in total. The van der Waals surface area contributed by atoms with Crippen molar-refractivity contribution in [2.75, 3.05) is 26.2 Å². The van der Waals surface area contributed by atoms with E-state index in [9.17, 15) is 8.78 Å². The largest absolute Gasteiger partial charge is 0.299 e. The van der Waals surface area contributed by atoms with E-state index >= 15 is 0 Å². The maximum Gasteiger partial charge on any atom is 0.130 e. The molecular formula is C18H24F2N2. The van der Waals surface area contributed by atoms with Crippen molar-refractivity contribution in [1.29, 1.82) is 0 Å². The molecule has 3 saturated heterocycles. The lowest BCUT2D eigenvalue weighted by Gasteiger charge is -2.36. The average molecular weight is 306 g/mol. The van der Waals surface area contributed by atoms with Crippen LogP contribution in [0.3, 0.4) is 0 Å². The van der Waals surface area contributed by atoms with Gasteiger partial charge in [0.1, 0.15) is 11.6 Å². The van der Waals surface area contributed by atoms with Gasteiger partial charge in [0.05, 0.1) is 0 Å². The summed E-state index contributed by atoms with van der Waals surface area (Å²) in [6, 6.07) is 4.59. The molecule has 22 heavy (non-hydrogen) atoms. The number of fused-ring (bicyclic) bond motifs is 4. The number of halogens is 2. The molecule has 1 aromatic rings. The van der Waals surface area contributed by atoms with Crippen LogP contribution in [0.25, 0.3) is 0 Å². The van der Waals surface area contributed by atoms with Crippen LogP contribution in [0.2, 0.25) is 0 Å². The number of benzene rings is 1. The Hall–Kier alpha value is -1.00. The van der Waals surface area contributed by atoms with Crippen LogP contribution in [-0.4, -0.2) is 42.0 Å². The first-order valence-electron chi connectivity index (χ1n) is 8.57. The molecule has 0 spiro atoms. The minimum Gasteiger partial charge on any atom is -0.299 e. The van der Waals surface area contributed by atoms with E-state index < -0.39 is 11.6 Å². The molecule has 4 fully saturated rings. The van der Waals surface area contributed by atoms with Crippen LogP contribution in [0.5, 0.6) is 0 Å². The van der Waals surface area contributed by atoms with E-state index in [2.05, 4.69) is 9.80 Å². The molecule has 4 aliphatic rings. The molecule has 1 aliphatic carbocycles. The standard InChI is InChI=1S/C18H24F2N2/c19-16-5-4-15(18(20)7-16)11-21-8-14-3-6-17(12-21)22(10-14)9-13-1-2-13/h4-5,7,13-14,17H,1-3,6,8-12H2/t14-,17+/m1/s1. The lowest BCUT2D eigenvalue weighted by Crippen LogP contribution is -2.44. The molecule has 3 aliphatic heterocycles. The molecule has 1 aromatic carbocycles. The molecule has 0 amide bonds. The zero-order valence-electron chi connectivity index (χ0n) is 13.0. The number of nitrogens with zero attached hydrogens (tertiary/aromatic N) is 2. The van der Waals surface area contributed by atoms with Gasteiger partial charge in [0.15, 0.2) is 0 Å². The monoisotopic (exact) mass is 306 g/mol. The van der Waals surface area contributed by atoms with Gasteiger partial charge < -0.3 is 0 Å². The quantitative estimate of drug-likeness (QED) is 0.842. The van der Waals surface area contributed by atoms with Crippen molar-refractivity contribution < 1.29 is 8.78 Å². The van der Waals surface area contributed by atoms with Gasteiger partial charge in [-0.3, -0.25) is 9.80 Å². The lowest BCUT2D eigenvalue weighted by atomic mass is 9.95. The second kappa shape index (κ2) is 5.89. The second-order valence-electron chi connectivity index (χ2n) is 7.42. The third-order valence-electron chi connectivity index (χ3n) is 5.50. The van der Waals surface area contributed by atoms with Gasteiger partial charge in [0, 0.05) is 50.4 Å². The van der Waals surface area contributed by atoms with Gasteiger partial charge in [0.25, 0.3) is 0 Å². The van der Waals surface area contributed by atoms with Crippen molar-refractivity contribution in [3.8, 4) is 0 Å². The van der Waals surface area contributed by atoms with Gasteiger partial charge in [0.2, 0.25) is 0 Å². The van der Waals surface area contributed by atoms with Crippen LogP contribution in [0, 0.1) is 23.5 Å². The minimum atomic E-state index is -0.493. The maximum absolute atomic E-state index is 13.9. The van der Waals surface area contributed by atoms with Crippen molar-refractivity contribution in [2.24, 2.45) is 11.8 Å². The average Bonchev–Trinajstić information content (AvgIpc) is 3.30. The Morgan fingerprint density at radius 2 is 1.86 bits per heavy atom. The van der Waals surface area contributed by atoms with Gasteiger partial charge in [-0.2, -0.15) is 0 Å². The van der Waals surface area contributed by atoms with Crippen molar-refractivity contribution in [3.05, 3.63) is 35.4 Å². The maximum atomic E-state index is 13.9. The summed E-state index contributed by atoms with van der Waals surface area (Å²) in [4.78, 5) is 5.07. The van der Waals surface area contributed by atoms with Crippen molar-refractivity contribution >= 4 is 0 Å². The first kappa shape index (κ1) is 14.6. The van der Waals surface area contributed by atoms with Crippen LogP contribution < -0.4 is 0 Å². The number of hydrogen-bond acceptors (Lipinski definition) is 2. The summed E-state index contributed by atoms with van der Waals surface area (Å²) in [5, 5.41) is 0. The fourth-order valence-corrected chi connectivity index (χ4v) is 4.15. The zero-order chi connectivity index (χ0) is 15.1. The van der Waals surface area contributed by atoms with Crippen LogP contribution in [0.15, 0.2) is 18.2 Å². The summed E-state index contributed by atoms with van der Waals surface area (Å²) in [6.45, 7) is 5.16. The van der Waals surface area contributed by atoms with E-state index in [0.717, 1.165) is 25.1 Å². The Morgan fingerprint density at radius 1 is 1.00 bits per heavy atom. The van der Waals surface area contributed by atoms with Gasteiger partial charge in [-0.15, -0.1) is 0 Å². The smallest absolute Gasteiger partial charge is 0.130 e. The van der Waals surface area contributed by atoms with Crippen LogP contribution >= 0.6 is 0 Å². The van der Waals surface area contributed by atoms with Crippen LogP contribution in [0.1, 0.15) is 31.2 Å². The Bertz CT molecular complexity index is 544. The predicted octanol–water partition coefficient (Wildman–Crippen LogP) is 3.27. The number of rotatable bonds is 4. The highest BCUT2D eigenvalue weighted by molar-refractivity contribution is 5.18. The number of piperidine rings is 1. The Kier molecular flexibility index (Phi) is 3.91. The van der Waals surface area contributed by atoms with E-state index in [4.69, 9.17) is 0 Å². The zero-order valence-corrected chi connectivity index (χ0v) is 13.0. The SMILES string of the molecule is Fc1ccc(CN2C[C@H]3CC[C@@H](C2)N(CC2CC2)C3)c(F)c1. The van der Waals surface area contributed by atoms with E-state index in [1.807, 2.05) is 0 Å². The van der Waals surface area contributed by atoms with Gasteiger partial charge in [-0.1, -0.05) is 6.07 Å². The summed E-state index contributed by atoms with van der Waals surface area (Å²) in [7, 11) is 0. The van der Waals surface area contributed by atoms with Crippen LogP contribution in [-0.2, 0) is 6.54 Å². The third kappa shape index (κ3) is 3.18. The molecule has 5 rings (SSSR count). The van der Waals surface area contributed by atoms with Gasteiger partial charge in [-0.25, -0.2) is 8.78 Å². The highest BCUT2D eigenvalue weighted by atomic mass is 19.1. The molecule has 0 N–H and O–H groups in total. The Morgan fingerprint density at radius 3 is 2.64 bits per heavy atom. The van der Waals surface area contributed by atoms with E-state index in [1.54, 1.807) is 6.07 Å². The predicted molar refractivity (Wildman–Crippen MR) is 82.4 cm³/mol.